The standard InChI is InChI=1S/C13H14ClNO/c14-6-2-1-3-12-7-13(9-15-8-12)16-10-11-4-5-11/h7-9,11H,2,4-6,10H2. The van der Waals surface area contributed by atoms with E-state index in [2.05, 4.69) is 16.8 Å². The fraction of sp³-hybridized carbons (Fsp3) is 0.462. The smallest absolute Gasteiger partial charge is 0.138 e. The summed E-state index contributed by atoms with van der Waals surface area (Å²) in [5.41, 5.74) is 0.887. The van der Waals surface area contributed by atoms with Crippen molar-refractivity contribution in [3.8, 4) is 17.6 Å². The summed E-state index contributed by atoms with van der Waals surface area (Å²) in [6.07, 6.45) is 6.76. The molecule has 0 aromatic carbocycles. The first-order valence-electron chi connectivity index (χ1n) is 5.51. The number of hydrogen-bond acceptors (Lipinski definition) is 2. The van der Waals surface area contributed by atoms with Gasteiger partial charge in [-0.05, 0) is 24.8 Å². The Morgan fingerprint density at radius 3 is 3.06 bits per heavy atom. The highest BCUT2D eigenvalue weighted by molar-refractivity contribution is 6.18. The maximum Gasteiger partial charge on any atom is 0.138 e. The van der Waals surface area contributed by atoms with Gasteiger partial charge < -0.3 is 4.74 Å². The predicted octanol–water partition coefficient (Wildman–Crippen LogP) is 2.85. The van der Waals surface area contributed by atoms with Crippen molar-refractivity contribution in [3.05, 3.63) is 24.0 Å². The lowest BCUT2D eigenvalue weighted by Crippen LogP contribution is -1.99. The van der Waals surface area contributed by atoms with Crippen molar-refractivity contribution < 1.29 is 4.74 Å². The maximum atomic E-state index is 5.62. The van der Waals surface area contributed by atoms with Crippen LogP contribution in [0.25, 0.3) is 0 Å². The molecule has 0 N–H and O–H groups in total. The summed E-state index contributed by atoms with van der Waals surface area (Å²) < 4.78 is 5.62. The molecule has 0 atom stereocenters. The minimum atomic E-state index is 0.568. The van der Waals surface area contributed by atoms with E-state index in [1.165, 1.54) is 12.8 Å². The SMILES string of the molecule is ClCCC#Cc1cncc(OCC2CC2)c1. The summed E-state index contributed by atoms with van der Waals surface area (Å²) in [7, 11) is 0. The fourth-order valence-electron chi connectivity index (χ4n) is 1.28. The van der Waals surface area contributed by atoms with Crippen molar-refractivity contribution in [2.24, 2.45) is 5.92 Å². The molecule has 1 aromatic heterocycles. The van der Waals surface area contributed by atoms with Crippen LogP contribution in [0.5, 0.6) is 5.75 Å². The molecule has 1 saturated carbocycles. The van der Waals surface area contributed by atoms with Crippen molar-refractivity contribution in [2.75, 3.05) is 12.5 Å². The summed E-state index contributed by atoms with van der Waals surface area (Å²) in [6, 6.07) is 1.93. The summed E-state index contributed by atoms with van der Waals surface area (Å²) in [6.45, 7) is 0.806. The van der Waals surface area contributed by atoms with Crippen molar-refractivity contribution in [3.63, 3.8) is 0 Å². The number of aromatic nitrogens is 1. The van der Waals surface area contributed by atoms with Crippen LogP contribution >= 0.6 is 11.6 Å². The van der Waals surface area contributed by atoms with E-state index in [9.17, 15) is 0 Å². The average molecular weight is 236 g/mol. The molecular formula is C13H14ClNO. The van der Waals surface area contributed by atoms with E-state index in [4.69, 9.17) is 16.3 Å². The van der Waals surface area contributed by atoms with Crippen LogP contribution in [0.2, 0.25) is 0 Å². The molecule has 0 aliphatic heterocycles. The first-order chi connectivity index (χ1) is 7.88. The second-order valence-electron chi connectivity index (χ2n) is 3.90. The highest BCUT2D eigenvalue weighted by atomic mass is 35.5. The summed E-state index contributed by atoms with van der Waals surface area (Å²) in [5.74, 6) is 8.12. The van der Waals surface area contributed by atoms with Gasteiger partial charge in [0.1, 0.15) is 5.75 Å². The number of pyridine rings is 1. The van der Waals surface area contributed by atoms with Gasteiger partial charge in [0.15, 0.2) is 0 Å². The molecule has 1 aliphatic rings. The minimum Gasteiger partial charge on any atom is -0.492 e. The van der Waals surface area contributed by atoms with Crippen LogP contribution in [0.4, 0.5) is 0 Å². The third-order valence-corrected chi connectivity index (χ3v) is 2.54. The lowest BCUT2D eigenvalue weighted by atomic mass is 10.2. The molecule has 0 spiro atoms. The largest absolute Gasteiger partial charge is 0.492 e. The van der Waals surface area contributed by atoms with Crippen LogP contribution in [0.3, 0.4) is 0 Å². The molecule has 16 heavy (non-hydrogen) atoms. The number of alkyl halides is 1. The summed E-state index contributed by atoms with van der Waals surface area (Å²) in [5, 5.41) is 0. The first kappa shape index (κ1) is 11.3. The monoisotopic (exact) mass is 235 g/mol. The van der Waals surface area contributed by atoms with Crippen molar-refractivity contribution >= 4 is 11.6 Å². The van der Waals surface area contributed by atoms with Crippen molar-refractivity contribution in [2.45, 2.75) is 19.3 Å². The maximum absolute atomic E-state index is 5.62. The molecule has 0 saturated heterocycles. The van der Waals surface area contributed by atoms with E-state index in [1.807, 2.05) is 6.07 Å². The van der Waals surface area contributed by atoms with Gasteiger partial charge in [0.05, 0.1) is 12.8 Å². The van der Waals surface area contributed by atoms with E-state index < -0.39 is 0 Å². The number of rotatable bonds is 4. The number of ether oxygens (including phenoxy) is 1. The predicted molar refractivity (Wildman–Crippen MR) is 64.7 cm³/mol. The van der Waals surface area contributed by atoms with Gasteiger partial charge in [-0.25, -0.2) is 0 Å². The summed E-state index contributed by atoms with van der Waals surface area (Å²) >= 11 is 5.55. The molecule has 0 amide bonds. The Balaban J connectivity index is 1.92. The van der Waals surface area contributed by atoms with E-state index in [0.717, 1.165) is 23.8 Å². The Morgan fingerprint density at radius 2 is 2.31 bits per heavy atom. The summed E-state index contributed by atoms with van der Waals surface area (Å²) in [4.78, 5) is 4.10. The highest BCUT2D eigenvalue weighted by Gasteiger charge is 2.21. The van der Waals surface area contributed by atoms with Gasteiger partial charge in [-0.3, -0.25) is 4.98 Å². The lowest BCUT2D eigenvalue weighted by molar-refractivity contribution is 0.298. The van der Waals surface area contributed by atoms with Crippen LogP contribution in [-0.4, -0.2) is 17.5 Å². The topological polar surface area (TPSA) is 22.1 Å². The van der Waals surface area contributed by atoms with Gasteiger partial charge in [0, 0.05) is 24.1 Å². The third-order valence-electron chi connectivity index (χ3n) is 2.35. The molecule has 1 aromatic rings. The van der Waals surface area contributed by atoms with Gasteiger partial charge in [0.25, 0.3) is 0 Å². The highest BCUT2D eigenvalue weighted by Crippen LogP contribution is 2.29. The Morgan fingerprint density at radius 1 is 1.44 bits per heavy atom. The van der Waals surface area contributed by atoms with Gasteiger partial charge in [-0.15, -0.1) is 11.6 Å². The molecule has 0 bridgehead atoms. The zero-order valence-electron chi connectivity index (χ0n) is 9.08. The Labute approximate surface area is 101 Å². The van der Waals surface area contributed by atoms with Crippen LogP contribution in [0, 0.1) is 17.8 Å². The number of nitrogens with zero attached hydrogens (tertiary/aromatic N) is 1. The van der Waals surface area contributed by atoms with Gasteiger partial charge >= 0.3 is 0 Å². The Hall–Kier alpha value is -1.20. The normalized spacial score (nSPS) is 14.1. The zero-order valence-corrected chi connectivity index (χ0v) is 9.83. The Bertz CT molecular complexity index is 404. The molecule has 0 unspecified atom stereocenters. The lowest BCUT2D eigenvalue weighted by Gasteiger charge is -2.03. The molecule has 84 valence electrons. The molecule has 0 radical (unpaired) electrons. The van der Waals surface area contributed by atoms with Gasteiger partial charge in [-0.1, -0.05) is 11.8 Å². The van der Waals surface area contributed by atoms with Gasteiger partial charge in [-0.2, -0.15) is 0 Å². The van der Waals surface area contributed by atoms with E-state index in [0.29, 0.717) is 12.3 Å². The number of hydrogen-bond donors (Lipinski definition) is 0. The first-order valence-corrected chi connectivity index (χ1v) is 6.04. The molecule has 2 rings (SSSR count). The fourth-order valence-corrected chi connectivity index (χ4v) is 1.37. The molecule has 1 aliphatic carbocycles. The second kappa shape index (κ2) is 5.77. The average Bonchev–Trinajstić information content (AvgIpc) is 3.11. The van der Waals surface area contributed by atoms with Crippen molar-refractivity contribution in [1.82, 2.24) is 4.98 Å². The molecular weight excluding hydrogens is 222 g/mol. The quantitative estimate of drug-likeness (QED) is 0.592. The van der Waals surface area contributed by atoms with E-state index in [-0.39, 0.29) is 0 Å². The van der Waals surface area contributed by atoms with Crippen LogP contribution < -0.4 is 4.74 Å². The van der Waals surface area contributed by atoms with Crippen LogP contribution in [-0.2, 0) is 0 Å². The number of halogens is 1. The second-order valence-corrected chi connectivity index (χ2v) is 4.28. The Kier molecular flexibility index (Phi) is 4.07. The third kappa shape index (κ3) is 3.75. The van der Waals surface area contributed by atoms with E-state index >= 15 is 0 Å². The van der Waals surface area contributed by atoms with E-state index in [1.54, 1.807) is 12.4 Å². The molecule has 3 heteroatoms. The van der Waals surface area contributed by atoms with Gasteiger partial charge in [0.2, 0.25) is 0 Å². The van der Waals surface area contributed by atoms with Crippen molar-refractivity contribution in [1.29, 1.82) is 0 Å². The minimum absolute atomic E-state index is 0.568. The van der Waals surface area contributed by atoms with Crippen LogP contribution in [0.1, 0.15) is 24.8 Å². The molecule has 1 fully saturated rings. The zero-order chi connectivity index (χ0) is 11.2. The molecule has 2 nitrogen and oxygen atoms in total. The van der Waals surface area contributed by atoms with Crippen LogP contribution in [0.15, 0.2) is 18.5 Å². The molecule has 1 heterocycles.